The Hall–Kier alpha value is -1.14. The van der Waals surface area contributed by atoms with Gasteiger partial charge in [0, 0.05) is 11.8 Å². The summed E-state index contributed by atoms with van der Waals surface area (Å²) in [6.07, 6.45) is 1.68. The summed E-state index contributed by atoms with van der Waals surface area (Å²) in [5.41, 5.74) is 6.23. The average Bonchev–Trinajstić information content (AvgIpc) is 2.23. The quantitative estimate of drug-likeness (QED) is 0.621. The van der Waals surface area contributed by atoms with Gasteiger partial charge in [0.1, 0.15) is 20.6 Å². The molecule has 17 heavy (non-hydrogen) atoms. The fourth-order valence-corrected chi connectivity index (χ4v) is 2.02. The van der Waals surface area contributed by atoms with Crippen LogP contribution in [0.15, 0.2) is 24.3 Å². The van der Waals surface area contributed by atoms with Gasteiger partial charge in [-0.05, 0) is 18.6 Å². The standard InChI is InChI=1S/C11H15NO3S2/c1-17(13,14)7-3-6-15-10-5-2-4-9(8-10)11(12)16/h2,4-5,8H,3,6-7H2,1H3,(H2,12,16). The van der Waals surface area contributed by atoms with Crippen molar-refractivity contribution >= 4 is 27.0 Å². The summed E-state index contributed by atoms with van der Waals surface area (Å²) in [4.78, 5) is 0.312. The van der Waals surface area contributed by atoms with Crippen molar-refractivity contribution in [1.29, 1.82) is 0 Å². The van der Waals surface area contributed by atoms with Crippen LogP contribution in [0.25, 0.3) is 0 Å². The second kappa shape index (κ2) is 5.97. The zero-order chi connectivity index (χ0) is 12.9. The van der Waals surface area contributed by atoms with Crippen molar-refractivity contribution in [3.8, 4) is 5.75 Å². The number of thiocarbonyl (C=S) groups is 1. The topological polar surface area (TPSA) is 69.4 Å². The lowest BCUT2D eigenvalue weighted by atomic mass is 10.2. The molecule has 1 rings (SSSR count). The van der Waals surface area contributed by atoms with Crippen LogP contribution in [0, 0.1) is 0 Å². The van der Waals surface area contributed by atoms with Gasteiger partial charge >= 0.3 is 0 Å². The van der Waals surface area contributed by atoms with Crippen molar-refractivity contribution in [3.63, 3.8) is 0 Å². The molecule has 0 unspecified atom stereocenters. The Morgan fingerprint density at radius 3 is 2.76 bits per heavy atom. The molecule has 0 atom stereocenters. The molecule has 0 aliphatic carbocycles. The van der Waals surface area contributed by atoms with E-state index in [1.54, 1.807) is 24.3 Å². The van der Waals surface area contributed by atoms with Crippen LogP contribution in [-0.4, -0.2) is 32.0 Å². The summed E-state index contributed by atoms with van der Waals surface area (Å²) in [6, 6.07) is 7.11. The highest BCUT2D eigenvalue weighted by Crippen LogP contribution is 2.13. The maximum Gasteiger partial charge on any atom is 0.147 e. The molecule has 0 radical (unpaired) electrons. The molecule has 2 N–H and O–H groups in total. The fraction of sp³-hybridized carbons (Fsp3) is 0.364. The van der Waals surface area contributed by atoms with Gasteiger partial charge in [-0.2, -0.15) is 0 Å². The van der Waals surface area contributed by atoms with Crippen LogP contribution >= 0.6 is 12.2 Å². The minimum absolute atomic E-state index is 0.127. The van der Waals surface area contributed by atoms with E-state index in [9.17, 15) is 8.42 Å². The van der Waals surface area contributed by atoms with E-state index in [0.717, 1.165) is 5.56 Å². The molecule has 0 saturated carbocycles. The van der Waals surface area contributed by atoms with Gasteiger partial charge < -0.3 is 10.5 Å². The van der Waals surface area contributed by atoms with E-state index in [0.29, 0.717) is 23.8 Å². The zero-order valence-corrected chi connectivity index (χ0v) is 11.2. The Bertz CT molecular complexity index is 497. The Kier molecular flexibility index (Phi) is 4.89. The molecule has 94 valence electrons. The molecule has 0 bridgehead atoms. The first-order valence-corrected chi connectivity index (χ1v) is 7.56. The van der Waals surface area contributed by atoms with Gasteiger partial charge in [0.05, 0.1) is 12.4 Å². The molecule has 1 aromatic carbocycles. The molecule has 0 aliphatic heterocycles. The van der Waals surface area contributed by atoms with Gasteiger partial charge in [-0.25, -0.2) is 8.42 Å². The third-order valence-corrected chi connectivity index (χ3v) is 3.31. The molecule has 0 fully saturated rings. The van der Waals surface area contributed by atoms with E-state index in [1.165, 1.54) is 6.26 Å². The first-order valence-electron chi connectivity index (χ1n) is 5.09. The van der Waals surface area contributed by atoms with Gasteiger partial charge in [-0.3, -0.25) is 0 Å². The number of nitrogens with two attached hydrogens (primary N) is 1. The van der Waals surface area contributed by atoms with Gasteiger partial charge in [0.25, 0.3) is 0 Å². The van der Waals surface area contributed by atoms with Crippen LogP contribution in [0.2, 0.25) is 0 Å². The second-order valence-electron chi connectivity index (χ2n) is 3.72. The van der Waals surface area contributed by atoms with Gasteiger partial charge in [0.2, 0.25) is 0 Å². The predicted octanol–water partition coefficient (Wildman–Crippen LogP) is 1.13. The smallest absolute Gasteiger partial charge is 0.147 e. The highest BCUT2D eigenvalue weighted by Gasteiger charge is 2.03. The van der Waals surface area contributed by atoms with Crippen molar-refractivity contribution in [2.24, 2.45) is 5.73 Å². The number of sulfone groups is 1. The molecule has 0 saturated heterocycles. The van der Waals surface area contributed by atoms with Crippen LogP contribution in [0.3, 0.4) is 0 Å². The average molecular weight is 273 g/mol. The lowest BCUT2D eigenvalue weighted by Crippen LogP contribution is -2.10. The first kappa shape index (κ1) is 13.9. The summed E-state index contributed by atoms with van der Waals surface area (Å²) in [6.45, 7) is 0.355. The summed E-state index contributed by atoms with van der Waals surface area (Å²) in [5, 5.41) is 0. The van der Waals surface area contributed by atoms with Crippen LogP contribution in [0.1, 0.15) is 12.0 Å². The third kappa shape index (κ3) is 5.65. The lowest BCUT2D eigenvalue weighted by Gasteiger charge is -2.07. The van der Waals surface area contributed by atoms with Crippen molar-refractivity contribution in [2.75, 3.05) is 18.6 Å². The predicted molar refractivity (Wildman–Crippen MR) is 72.2 cm³/mol. The van der Waals surface area contributed by atoms with Gasteiger partial charge in [-0.1, -0.05) is 24.4 Å². The molecular weight excluding hydrogens is 258 g/mol. The minimum Gasteiger partial charge on any atom is -0.494 e. The summed E-state index contributed by atoms with van der Waals surface area (Å²) in [5.74, 6) is 0.769. The van der Waals surface area contributed by atoms with E-state index < -0.39 is 9.84 Å². The SMILES string of the molecule is CS(=O)(=O)CCCOc1cccc(C(N)=S)c1. The summed E-state index contributed by atoms with van der Waals surface area (Å²) < 4.78 is 27.2. The third-order valence-electron chi connectivity index (χ3n) is 2.05. The summed E-state index contributed by atoms with van der Waals surface area (Å²) in [7, 11) is -2.92. The monoisotopic (exact) mass is 273 g/mol. The Morgan fingerprint density at radius 2 is 2.18 bits per heavy atom. The highest BCUT2D eigenvalue weighted by molar-refractivity contribution is 7.90. The Morgan fingerprint density at radius 1 is 1.47 bits per heavy atom. The van der Waals surface area contributed by atoms with E-state index in [1.807, 2.05) is 0 Å². The van der Waals surface area contributed by atoms with Gasteiger partial charge in [0.15, 0.2) is 0 Å². The minimum atomic E-state index is -2.92. The van der Waals surface area contributed by atoms with Crippen molar-refractivity contribution in [1.82, 2.24) is 0 Å². The van der Waals surface area contributed by atoms with E-state index in [2.05, 4.69) is 0 Å². The molecule has 0 amide bonds. The van der Waals surface area contributed by atoms with E-state index in [4.69, 9.17) is 22.7 Å². The summed E-state index contributed by atoms with van der Waals surface area (Å²) >= 11 is 4.85. The van der Waals surface area contributed by atoms with Crippen molar-refractivity contribution < 1.29 is 13.2 Å². The molecule has 0 spiro atoms. The number of hydrogen-bond acceptors (Lipinski definition) is 4. The molecule has 4 nitrogen and oxygen atoms in total. The number of ether oxygens (including phenoxy) is 1. The van der Waals surface area contributed by atoms with Crippen LogP contribution in [-0.2, 0) is 9.84 Å². The fourth-order valence-electron chi connectivity index (χ4n) is 1.25. The molecule has 1 aromatic rings. The Balaban J connectivity index is 2.47. The largest absolute Gasteiger partial charge is 0.494 e. The van der Waals surface area contributed by atoms with Crippen LogP contribution < -0.4 is 10.5 Å². The van der Waals surface area contributed by atoms with E-state index >= 15 is 0 Å². The van der Waals surface area contributed by atoms with Gasteiger partial charge in [-0.15, -0.1) is 0 Å². The highest BCUT2D eigenvalue weighted by atomic mass is 32.2. The number of hydrogen-bond donors (Lipinski definition) is 1. The second-order valence-corrected chi connectivity index (χ2v) is 6.42. The maximum absolute atomic E-state index is 10.9. The molecular formula is C11H15NO3S2. The molecule has 0 heterocycles. The molecule has 6 heteroatoms. The van der Waals surface area contributed by atoms with E-state index in [-0.39, 0.29) is 5.75 Å². The van der Waals surface area contributed by atoms with Crippen molar-refractivity contribution in [3.05, 3.63) is 29.8 Å². The number of rotatable bonds is 6. The molecule has 0 aromatic heterocycles. The number of benzene rings is 1. The van der Waals surface area contributed by atoms with Crippen LogP contribution in [0.5, 0.6) is 5.75 Å². The normalized spacial score (nSPS) is 11.1. The Labute approximate surface area is 107 Å². The van der Waals surface area contributed by atoms with Crippen molar-refractivity contribution in [2.45, 2.75) is 6.42 Å². The maximum atomic E-state index is 10.9. The zero-order valence-electron chi connectivity index (χ0n) is 9.55. The lowest BCUT2D eigenvalue weighted by molar-refractivity contribution is 0.317. The molecule has 0 aliphatic rings. The van der Waals surface area contributed by atoms with Crippen LogP contribution in [0.4, 0.5) is 0 Å². The first-order chi connectivity index (χ1) is 7.88.